The van der Waals surface area contributed by atoms with E-state index in [4.69, 9.17) is 4.74 Å². The van der Waals surface area contributed by atoms with Gasteiger partial charge in [-0.25, -0.2) is 0 Å². The maximum absolute atomic E-state index is 12.1. The van der Waals surface area contributed by atoms with Crippen LogP contribution >= 0.6 is 0 Å². The molecule has 1 aliphatic heterocycles. The average Bonchev–Trinajstić information content (AvgIpc) is 2.93. The summed E-state index contributed by atoms with van der Waals surface area (Å²) < 4.78 is 5.59. The summed E-state index contributed by atoms with van der Waals surface area (Å²) in [5.74, 6) is 0.665. The van der Waals surface area contributed by atoms with Crippen LogP contribution < -0.4 is 10.6 Å². The van der Waals surface area contributed by atoms with Gasteiger partial charge in [-0.2, -0.15) is 0 Å². The Bertz CT molecular complexity index is 271. The summed E-state index contributed by atoms with van der Waals surface area (Å²) in [6.07, 6.45) is 7.93. The third-order valence-electron chi connectivity index (χ3n) is 4.39. The van der Waals surface area contributed by atoms with Crippen LogP contribution in [0.5, 0.6) is 0 Å². The van der Waals surface area contributed by atoms with Gasteiger partial charge < -0.3 is 15.4 Å². The van der Waals surface area contributed by atoms with Crippen LogP contribution in [0.2, 0.25) is 0 Å². The number of carbonyl (C=O) groups excluding carboxylic acids is 1. The lowest BCUT2D eigenvalue weighted by Crippen LogP contribution is -2.43. The Hall–Kier alpha value is -0.610. The smallest absolute Gasteiger partial charge is 0.323 e. The molecular formula is C15H28N2O2. The van der Waals surface area contributed by atoms with E-state index in [2.05, 4.69) is 17.6 Å². The zero-order valence-electron chi connectivity index (χ0n) is 12.1. The Morgan fingerprint density at radius 1 is 1.26 bits per heavy atom. The minimum absolute atomic E-state index is 0.0386. The number of hydrogen-bond donors (Lipinski definition) is 2. The Labute approximate surface area is 116 Å². The predicted octanol–water partition coefficient (Wildman–Crippen LogP) is 1.84. The van der Waals surface area contributed by atoms with Crippen molar-refractivity contribution in [1.82, 2.24) is 10.6 Å². The molecule has 1 saturated heterocycles. The highest BCUT2D eigenvalue weighted by Gasteiger charge is 2.25. The molecule has 0 spiro atoms. The lowest BCUT2D eigenvalue weighted by atomic mass is 9.98. The highest BCUT2D eigenvalue weighted by molar-refractivity contribution is 5.75. The van der Waals surface area contributed by atoms with E-state index < -0.39 is 0 Å². The fourth-order valence-electron chi connectivity index (χ4n) is 3.04. The molecule has 110 valence electrons. The minimum Gasteiger partial charge on any atom is -0.461 e. The van der Waals surface area contributed by atoms with Crippen molar-refractivity contribution in [2.75, 3.05) is 19.6 Å². The first-order valence-electron chi connectivity index (χ1n) is 7.94. The summed E-state index contributed by atoms with van der Waals surface area (Å²) in [4.78, 5) is 12.1. The van der Waals surface area contributed by atoms with Crippen LogP contribution in [0, 0.1) is 5.92 Å². The van der Waals surface area contributed by atoms with Crippen LogP contribution in [-0.2, 0) is 9.53 Å². The summed E-state index contributed by atoms with van der Waals surface area (Å²) in [6.45, 7) is 5.21. The molecule has 1 aliphatic carbocycles. The molecule has 1 heterocycles. The van der Waals surface area contributed by atoms with Crippen LogP contribution in [0.15, 0.2) is 0 Å². The van der Waals surface area contributed by atoms with Gasteiger partial charge in [0.15, 0.2) is 0 Å². The van der Waals surface area contributed by atoms with Crippen molar-refractivity contribution >= 4 is 5.97 Å². The number of nitrogens with one attached hydrogen (secondary N) is 2. The number of hydrogen-bond acceptors (Lipinski definition) is 4. The molecule has 4 heteroatoms. The fraction of sp³-hybridized carbons (Fsp3) is 0.933. The average molecular weight is 268 g/mol. The highest BCUT2D eigenvalue weighted by atomic mass is 16.5. The number of carbonyl (C=O) groups is 1. The Morgan fingerprint density at radius 2 is 1.95 bits per heavy atom. The van der Waals surface area contributed by atoms with E-state index in [0.29, 0.717) is 5.92 Å². The maximum Gasteiger partial charge on any atom is 0.323 e. The van der Waals surface area contributed by atoms with E-state index in [1.165, 1.54) is 25.7 Å². The van der Waals surface area contributed by atoms with Crippen molar-refractivity contribution in [3.63, 3.8) is 0 Å². The number of ether oxygens (including phenoxy) is 1. The second-order valence-corrected chi connectivity index (χ2v) is 5.91. The molecule has 0 unspecified atom stereocenters. The zero-order chi connectivity index (χ0) is 13.5. The topological polar surface area (TPSA) is 50.4 Å². The van der Waals surface area contributed by atoms with Gasteiger partial charge in [0.2, 0.25) is 0 Å². The molecule has 2 N–H and O–H groups in total. The molecule has 19 heavy (non-hydrogen) atoms. The van der Waals surface area contributed by atoms with Crippen LogP contribution in [0.4, 0.5) is 0 Å². The molecule has 0 aromatic heterocycles. The van der Waals surface area contributed by atoms with E-state index in [0.717, 1.165) is 38.9 Å². The second kappa shape index (κ2) is 7.85. The monoisotopic (exact) mass is 268 g/mol. The van der Waals surface area contributed by atoms with Gasteiger partial charge in [0, 0.05) is 0 Å². The Balaban J connectivity index is 1.70. The molecule has 0 aromatic carbocycles. The molecule has 0 bridgehead atoms. The SMILES string of the molecule is CC[C@H](NCC1CCNCC1)C(=O)OC1CCCC1. The minimum atomic E-state index is -0.115. The van der Waals surface area contributed by atoms with Crippen LogP contribution in [-0.4, -0.2) is 37.7 Å². The van der Waals surface area contributed by atoms with Gasteiger partial charge in [0.05, 0.1) is 0 Å². The summed E-state index contributed by atoms with van der Waals surface area (Å²) in [5.41, 5.74) is 0. The third kappa shape index (κ3) is 4.77. The number of rotatable bonds is 6. The van der Waals surface area contributed by atoms with Crippen molar-refractivity contribution in [3.05, 3.63) is 0 Å². The molecule has 1 saturated carbocycles. The fourth-order valence-corrected chi connectivity index (χ4v) is 3.04. The van der Waals surface area contributed by atoms with Crippen LogP contribution in [0.3, 0.4) is 0 Å². The van der Waals surface area contributed by atoms with Crippen molar-refractivity contribution in [2.24, 2.45) is 5.92 Å². The van der Waals surface area contributed by atoms with Gasteiger partial charge in [-0.3, -0.25) is 4.79 Å². The number of piperidine rings is 1. The normalized spacial score (nSPS) is 23.4. The summed E-state index contributed by atoms with van der Waals surface area (Å²) in [5, 5.41) is 6.78. The molecular weight excluding hydrogens is 240 g/mol. The Morgan fingerprint density at radius 3 is 2.58 bits per heavy atom. The highest BCUT2D eigenvalue weighted by Crippen LogP contribution is 2.21. The van der Waals surface area contributed by atoms with Gasteiger partial charge in [0.1, 0.15) is 12.1 Å². The second-order valence-electron chi connectivity index (χ2n) is 5.91. The van der Waals surface area contributed by atoms with E-state index in [9.17, 15) is 4.79 Å². The lowest BCUT2D eigenvalue weighted by molar-refractivity contribution is -0.151. The van der Waals surface area contributed by atoms with Gasteiger partial charge in [0.25, 0.3) is 0 Å². The first kappa shape index (κ1) is 14.8. The van der Waals surface area contributed by atoms with E-state index in [1.54, 1.807) is 0 Å². The molecule has 2 fully saturated rings. The standard InChI is InChI=1S/C15H28N2O2/c1-2-14(15(18)19-13-5-3-4-6-13)17-11-12-7-9-16-10-8-12/h12-14,16-17H,2-11H2,1H3/t14-/m0/s1. The summed E-state index contributed by atoms with van der Waals surface area (Å²) in [7, 11) is 0. The molecule has 0 amide bonds. The third-order valence-corrected chi connectivity index (χ3v) is 4.39. The zero-order valence-corrected chi connectivity index (χ0v) is 12.1. The first-order valence-corrected chi connectivity index (χ1v) is 7.94. The maximum atomic E-state index is 12.1. The molecule has 2 rings (SSSR count). The quantitative estimate of drug-likeness (QED) is 0.722. The largest absolute Gasteiger partial charge is 0.461 e. The van der Waals surface area contributed by atoms with E-state index in [-0.39, 0.29) is 18.1 Å². The van der Waals surface area contributed by atoms with Gasteiger partial charge in [-0.1, -0.05) is 6.92 Å². The van der Waals surface area contributed by atoms with Crippen LogP contribution in [0.25, 0.3) is 0 Å². The van der Waals surface area contributed by atoms with Crippen molar-refractivity contribution in [3.8, 4) is 0 Å². The molecule has 0 aromatic rings. The number of esters is 1. The van der Waals surface area contributed by atoms with E-state index >= 15 is 0 Å². The Kier molecular flexibility index (Phi) is 6.11. The molecule has 4 nitrogen and oxygen atoms in total. The van der Waals surface area contributed by atoms with Gasteiger partial charge in [-0.05, 0) is 70.5 Å². The van der Waals surface area contributed by atoms with Crippen molar-refractivity contribution < 1.29 is 9.53 Å². The van der Waals surface area contributed by atoms with Crippen molar-refractivity contribution in [1.29, 1.82) is 0 Å². The van der Waals surface area contributed by atoms with Crippen molar-refractivity contribution in [2.45, 2.75) is 64.0 Å². The van der Waals surface area contributed by atoms with Crippen LogP contribution in [0.1, 0.15) is 51.9 Å². The van der Waals surface area contributed by atoms with E-state index in [1.807, 2.05) is 0 Å². The molecule has 1 atom stereocenters. The van der Waals surface area contributed by atoms with Gasteiger partial charge >= 0.3 is 5.97 Å². The molecule has 0 radical (unpaired) electrons. The summed E-state index contributed by atoms with van der Waals surface area (Å²) >= 11 is 0. The lowest BCUT2D eigenvalue weighted by Gasteiger charge is -2.25. The summed E-state index contributed by atoms with van der Waals surface area (Å²) in [6, 6.07) is -0.115. The molecule has 2 aliphatic rings. The van der Waals surface area contributed by atoms with Gasteiger partial charge in [-0.15, -0.1) is 0 Å². The first-order chi connectivity index (χ1) is 9.29. The predicted molar refractivity (Wildman–Crippen MR) is 76.0 cm³/mol.